The van der Waals surface area contributed by atoms with Gasteiger partial charge in [0.25, 0.3) is 20.0 Å². The van der Waals surface area contributed by atoms with E-state index in [9.17, 15) is 39.6 Å². The van der Waals surface area contributed by atoms with Crippen molar-refractivity contribution in [1.82, 2.24) is 19.1 Å². The molecule has 0 saturated heterocycles. The summed E-state index contributed by atoms with van der Waals surface area (Å²) in [5, 5.41) is 0. The van der Waals surface area contributed by atoms with Gasteiger partial charge in [0, 0.05) is 34.3 Å². The van der Waals surface area contributed by atoms with E-state index in [0.717, 1.165) is 46.4 Å². The van der Waals surface area contributed by atoms with E-state index < -0.39 is 88.0 Å². The number of nitrogens with two attached hydrogens (primary N) is 2. The Morgan fingerprint density at radius 3 is 1.45 bits per heavy atom. The van der Waals surface area contributed by atoms with Crippen molar-refractivity contribution >= 4 is 69.8 Å². The molecule has 6 N–H and O–H groups in total. The first-order chi connectivity index (χ1) is 34.1. The van der Waals surface area contributed by atoms with Gasteiger partial charge in [0.15, 0.2) is 11.2 Å². The lowest BCUT2D eigenvalue weighted by molar-refractivity contribution is 0.489. The number of hydrogen-bond donors (Lipinski definition) is 4. The minimum atomic E-state index is -4.50. The number of sulfonamides is 2. The average molecular weight is 1110 g/mol. The van der Waals surface area contributed by atoms with E-state index in [1.807, 2.05) is 15.5 Å². The van der Waals surface area contributed by atoms with Crippen molar-refractivity contribution in [2.24, 2.45) is 11.5 Å². The van der Waals surface area contributed by atoms with Gasteiger partial charge in [-0.1, -0.05) is 70.1 Å². The van der Waals surface area contributed by atoms with Crippen LogP contribution in [0.1, 0.15) is 70.3 Å². The first-order valence-corrected chi connectivity index (χ1v) is 25.3. The molecule has 0 bridgehead atoms. The van der Waals surface area contributed by atoms with Crippen LogP contribution in [0.3, 0.4) is 0 Å². The van der Waals surface area contributed by atoms with Crippen LogP contribution in [-0.2, 0) is 20.0 Å². The summed E-state index contributed by atoms with van der Waals surface area (Å²) in [6, 6.07) is 23.9. The second kappa shape index (κ2) is 21.7. The molecule has 0 amide bonds. The summed E-state index contributed by atoms with van der Waals surface area (Å²) in [5.41, 5.74) is 12.1. The van der Waals surface area contributed by atoms with E-state index in [1.165, 1.54) is 33.4 Å². The van der Waals surface area contributed by atoms with Gasteiger partial charge in [-0.25, -0.2) is 45.2 Å². The standard InChI is InChI=1S/C25H22F2N4O4S.C20H14BrF2N3O4S.C5H9N/c1-15(17-7-4-6-16(12-17)10-11-25(2,3)28)31-19-13-18(26)21(14-20(19)35-24(31)32)36(33,34)30-23-9-5-8-22(27)29-23;1-11(12-4-2-5-13(21)8-12)26-15-9-14(22)17(10-16(15)30-20(26)27)31(28,29)25-19-7-3-6-18(23)24-19;1-4-5(2,3)6/h4-9,12-15H,28H2,1-3H3,(H,29,30);2-11H,1H3,(H,24,25);1H,6H2,2-3H3/t15-;11-;/m11./s1. The Balaban J connectivity index is 0.000000216. The van der Waals surface area contributed by atoms with Gasteiger partial charge in [-0.3, -0.25) is 18.6 Å². The summed E-state index contributed by atoms with van der Waals surface area (Å²) in [7, 11) is -8.97. The highest BCUT2D eigenvalue weighted by Gasteiger charge is 2.27. The Morgan fingerprint density at radius 1 is 0.644 bits per heavy atom. The van der Waals surface area contributed by atoms with E-state index >= 15 is 4.39 Å². The summed E-state index contributed by atoms with van der Waals surface area (Å²) < 4.78 is 125. The van der Waals surface area contributed by atoms with E-state index in [-0.39, 0.29) is 33.8 Å². The van der Waals surface area contributed by atoms with Gasteiger partial charge >= 0.3 is 11.5 Å². The van der Waals surface area contributed by atoms with E-state index in [4.69, 9.17) is 26.7 Å². The van der Waals surface area contributed by atoms with Crippen LogP contribution in [0.4, 0.5) is 29.2 Å². The largest absolute Gasteiger partial charge is 0.420 e. The number of rotatable bonds is 10. The molecule has 2 atom stereocenters. The first kappa shape index (κ1) is 54.8. The zero-order valence-electron chi connectivity index (χ0n) is 39.5. The van der Waals surface area contributed by atoms with Crippen LogP contribution < -0.4 is 32.4 Å². The quantitative estimate of drug-likeness (QED) is 0.0572. The Hall–Kier alpha value is -7.54. The Labute approximate surface area is 424 Å². The van der Waals surface area contributed by atoms with Crippen LogP contribution in [0.15, 0.2) is 142 Å². The topological polar surface area (TPSA) is 240 Å². The second-order valence-corrected chi connectivity index (χ2v) is 21.5. The number of benzene rings is 4. The number of fused-ring (bicyclic) bond motifs is 2. The summed E-state index contributed by atoms with van der Waals surface area (Å²) in [5.74, 6) is 2.04. The molecule has 0 aliphatic heterocycles. The molecule has 380 valence electrons. The van der Waals surface area contributed by atoms with Crippen LogP contribution >= 0.6 is 15.9 Å². The fourth-order valence-electron chi connectivity index (χ4n) is 6.71. The number of oxazole rings is 2. The Kier molecular flexibility index (Phi) is 16.3. The Bertz CT molecular complexity index is 3850. The number of aromatic nitrogens is 4. The maximum absolute atomic E-state index is 15.0. The molecule has 0 saturated carbocycles. The lowest BCUT2D eigenvalue weighted by Gasteiger charge is -2.14. The number of terminal acetylenes is 1. The number of nitrogens with zero attached hydrogens (tertiary/aromatic N) is 4. The van der Waals surface area contributed by atoms with Gasteiger partial charge < -0.3 is 20.3 Å². The summed E-state index contributed by atoms with van der Waals surface area (Å²) in [6.07, 6.45) is 4.93. The fourth-order valence-corrected chi connectivity index (χ4v) is 9.28. The number of anilines is 2. The second-order valence-electron chi connectivity index (χ2n) is 17.2. The molecule has 0 fully saturated rings. The number of hydrogen-bond acceptors (Lipinski definition) is 12. The van der Waals surface area contributed by atoms with Gasteiger partial charge in [-0.15, -0.1) is 6.42 Å². The lowest BCUT2D eigenvalue weighted by Crippen LogP contribution is -2.29. The summed E-state index contributed by atoms with van der Waals surface area (Å²) >= 11 is 3.36. The molecule has 0 aliphatic carbocycles. The maximum atomic E-state index is 15.0. The fraction of sp³-hybridized carbons (Fsp3) is 0.200. The molecule has 0 radical (unpaired) electrons. The van der Waals surface area contributed by atoms with Crippen LogP contribution in [0.25, 0.3) is 22.2 Å². The average Bonchev–Trinajstić information content (AvgIpc) is 3.80. The molecule has 73 heavy (non-hydrogen) atoms. The van der Waals surface area contributed by atoms with E-state index in [2.05, 4.69) is 43.7 Å². The molecule has 0 aliphatic rings. The minimum absolute atomic E-state index is 0.0624. The van der Waals surface area contributed by atoms with Gasteiger partial charge in [0.2, 0.25) is 11.9 Å². The molecule has 8 rings (SSSR count). The lowest BCUT2D eigenvalue weighted by atomic mass is 10.0. The van der Waals surface area contributed by atoms with Crippen molar-refractivity contribution in [1.29, 1.82) is 0 Å². The molecule has 16 nitrogen and oxygen atoms in total. The molecule has 23 heteroatoms. The van der Waals surface area contributed by atoms with Gasteiger partial charge in [0.05, 0.1) is 34.2 Å². The van der Waals surface area contributed by atoms with Crippen LogP contribution in [0.2, 0.25) is 0 Å². The molecule has 4 aromatic carbocycles. The SMILES string of the molecule is C#CC(C)(C)N.C[C@H](c1cccc(Br)c1)n1c(=O)oc2cc(S(=O)(=O)Nc3cccc(F)n3)c(F)cc21.C[C@H](c1cccc(C#CC(C)(C)N)c1)n1c(=O)oc2cc(S(=O)(=O)Nc3cccc(F)n3)c(F)cc21. The molecule has 4 aromatic heterocycles. The molecule has 4 heterocycles. The van der Waals surface area contributed by atoms with Crippen molar-refractivity contribution in [3.63, 3.8) is 0 Å². The predicted octanol–water partition coefficient (Wildman–Crippen LogP) is 8.56. The summed E-state index contributed by atoms with van der Waals surface area (Å²) in [6.45, 7) is 10.6. The molecule has 8 aromatic rings. The van der Waals surface area contributed by atoms with Crippen molar-refractivity contribution in [3.05, 3.63) is 175 Å². The third kappa shape index (κ3) is 13.7. The van der Waals surface area contributed by atoms with Crippen molar-refractivity contribution in [2.75, 3.05) is 9.44 Å². The van der Waals surface area contributed by atoms with Gasteiger partial charge in [-0.2, -0.15) is 8.78 Å². The zero-order valence-corrected chi connectivity index (χ0v) is 42.8. The highest BCUT2D eigenvalue weighted by atomic mass is 79.9. The van der Waals surface area contributed by atoms with Crippen LogP contribution in [0.5, 0.6) is 0 Å². The van der Waals surface area contributed by atoms with E-state index in [1.54, 1.807) is 84.0 Å². The highest BCUT2D eigenvalue weighted by molar-refractivity contribution is 9.10. The number of halogens is 5. The monoisotopic (exact) mass is 1100 g/mol. The molecular weight excluding hydrogens is 1060 g/mol. The van der Waals surface area contributed by atoms with E-state index in [0.29, 0.717) is 11.1 Å². The molecule has 0 spiro atoms. The number of pyridine rings is 2. The van der Waals surface area contributed by atoms with Gasteiger partial charge in [-0.05, 0) is 101 Å². The van der Waals surface area contributed by atoms with Crippen molar-refractivity contribution in [3.8, 4) is 24.2 Å². The summed E-state index contributed by atoms with van der Waals surface area (Å²) in [4.78, 5) is 30.5. The zero-order chi connectivity index (χ0) is 53.8. The minimum Gasteiger partial charge on any atom is -0.408 e. The predicted molar refractivity (Wildman–Crippen MR) is 271 cm³/mol. The van der Waals surface area contributed by atoms with Crippen molar-refractivity contribution < 1.29 is 43.2 Å². The first-order valence-electron chi connectivity index (χ1n) is 21.5. The van der Waals surface area contributed by atoms with Crippen molar-refractivity contribution in [2.45, 2.75) is 74.5 Å². The smallest absolute Gasteiger partial charge is 0.408 e. The third-order valence-electron chi connectivity index (χ3n) is 10.2. The maximum Gasteiger partial charge on any atom is 0.420 e. The molecule has 0 unspecified atom stereocenters. The highest BCUT2D eigenvalue weighted by Crippen LogP contribution is 2.30. The third-order valence-corrected chi connectivity index (χ3v) is 13.4. The Morgan fingerprint density at radius 2 is 1.05 bits per heavy atom. The number of nitrogens with one attached hydrogen (secondary N) is 2. The van der Waals surface area contributed by atoms with Crippen LogP contribution in [-0.4, -0.2) is 47.0 Å². The van der Waals surface area contributed by atoms with Gasteiger partial charge in [0.1, 0.15) is 33.1 Å². The molecular formula is C50H45BrF4N8O8S2. The normalized spacial score (nSPS) is 12.5. The van der Waals surface area contributed by atoms with Crippen LogP contribution in [0, 0.1) is 47.7 Å².